The van der Waals surface area contributed by atoms with Gasteiger partial charge in [-0.05, 0) is 48.4 Å². The van der Waals surface area contributed by atoms with Crippen LogP contribution in [0, 0.1) is 5.82 Å². The van der Waals surface area contributed by atoms with Crippen LogP contribution in [0.4, 0.5) is 4.39 Å². The van der Waals surface area contributed by atoms with E-state index in [2.05, 4.69) is 0 Å². The first-order chi connectivity index (χ1) is 6.31. The molecule has 70 valence electrons. The summed E-state index contributed by atoms with van der Waals surface area (Å²) in [6.45, 7) is 0.195. The summed E-state index contributed by atoms with van der Waals surface area (Å²) in [7, 11) is 0. The van der Waals surface area contributed by atoms with Gasteiger partial charge in [-0.25, -0.2) is 4.39 Å². The summed E-state index contributed by atoms with van der Waals surface area (Å²) in [6, 6.07) is 4.99. The molecule has 2 rings (SSSR count). The lowest BCUT2D eigenvalue weighted by Crippen LogP contribution is -1.97. The van der Waals surface area contributed by atoms with Crippen molar-refractivity contribution in [3.63, 3.8) is 0 Å². The molecule has 1 nitrogen and oxygen atoms in total. The fourth-order valence-corrected chi connectivity index (χ4v) is 2.11. The maximum Gasteiger partial charge on any atom is 0.123 e. The van der Waals surface area contributed by atoms with Gasteiger partial charge in [-0.1, -0.05) is 6.07 Å². The molecule has 1 atom stereocenters. The van der Waals surface area contributed by atoms with Crippen molar-refractivity contribution in [2.75, 3.05) is 6.61 Å². The highest BCUT2D eigenvalue weighted by molar-refractivity contribution is 5.35. The predicted molar refractivity (Wildman–Crippen MR) is 49.2 cm³/mol. The number of aryl methyl sites for hydroxylation is 1. The fourth-order valence-electron chi connectivity index (χ4n) is 2.11. The molecular formula is C11H13FO. The van der Waals surface area contributed by atoms with Crippen LogP contribution in [0.5, 0.6) is 0 Å². The lowest BCUT2D eigenvalue weighted by atomic mass is 9.98. The molecule has 0 aromatic heterocycles. The zero-order valence-electron chi connectivity index (χ0n) is 7.46. The van der Waals surface area contributed by atoms with Crippen molar-refractivity contribution in [2.45, 2.75) is 25.2 Å². The monoisotopic (exact) mass is 180 g/mol. The largest absolute Gasteiger partial charge is 0.396 e. The van der Waals surface area contributed by atoms with E-state index in [1.807, 2.05) is 6.07 Å². The maximum atomic E-state index is 12.9. The molecule has 0 aliphatic heterocycles. The van der Waals surface area contributed by atoms with Gasteiger partial charge in [0.05, 0.1) is 0 Å². The van der Waals surface area contributed by atoms with Gasteiger partial charge in [-0.3, -0.25) is 0 Å². The second-order valence-electron chi connectivity index (χ2n) is 3.59. The Hall–Kier alpha value is -0.890. The molecule has 2 heteroatoms. The van der Waals surface area contributed by atoms with E-state index in [1.54, 1.807) is 6.07 Å². The molecule has 1 aromatic carbocycles. The van der Waals surface area contributed by atoms with E-state index in [0.29, 0.717) is 5.92 Å². The number of halogens is 1. The van der Waals surface area contributed by atoms with Gasteiger partial charge in [0.25, 0.3) is 0 Å². The van der Waals surface area contributed by atoms with Crippen molar-refractivity contribution < 1.29 is 9.50 Å². The number of aliphatic hydroxyl groups is 1. The second kappa shape index (κ2) is 3.46. The van der Waals surface area contributed by atoms with Crippen LogP contribution in [0.1, 0.15) is 29.9 Å². The minimum Gasteiger partial charge on any atom is -0.396 e. The Morgan fingerprint density at radius 2 is 2.31 bits per heavy atom. The molecule has 0 bridgehead atoms. The minimum atomic E-state index is -0.163. The van der Waals surface area contributed by atoms with Crippen LogP contribution in [0.3, 0.4) is 0 Å². The minimum absolute atomic E-state index is 0.163. The van der Waals surface area contributed by atoms with Crippen molar-refractivity contribution in [1.82, 2.24) is 0 Å². The Morgan fingerprint density at radius 1 is 1.46 bits per heavy atom. The highest BCUT2D eigenvalue weighted by atomic mass is 19.1. The molecule has 0 spiro atoms. The van der Waals surface area contributed by atoms with Crippen molar-refractivity contribution in [3.8, 4) is 0 Å². The predicted octanol–water partition coefficient (Wildman–Crippen LogP) is 2.24. The number of hydrogen-bond donors (Lipinski definition) is 1. The van der Waals surface area contributed by atoms with Crippen molar-refractivity contribution in [2.24, 2.45) is 0 Å². The molecule has 0 saturated carbocycles. The Balaban J connectivity index is 2.29. The third-order valence-electron chi connectivity index (χ3n) is 2.79. The van der Waals surface area contributed by atoms with Crippen LogP contribution >= 0.6 is 0 Å². The van der Waals surface area contributed by atoms with E-state index in [9.17, 15) is 4.39 Å². The first-order valence-corrected chi connectivity index (χ1v) is 4.70. The molecule has 1 N–H and O–H groups in total. The van der Waals surface area contributed by atoms with E-state index in [4.69, 9.17) is 5.11 Å². The van der Waals surface area contributed by atoms with Gasteiger partial charge in [0.15, 0.2) is 0 Å². The van der Waals surface area contributed by atoms with Gasteiger partial charge in [-0.2, -0.15) is 0 Å². The highest BCUT2D eigenvalue weighted by Crippen LogP contribution is 2.35. The zero-order chi connectivity index (χ0) is 9.26. The summed E-state index contributed by atoms with van der Waals surface area (Å²) in [4.78, 5) is 0. The van der Waals surface area contributed by atoms with E-state index in [1.165, 1.54) is 11.6 Å². The fraction of sp³-hybridized carbons (Fsp3) is 0.455. The Labute approximate surface area is 77.2 Å². The van der Waals surface area contributed by atoms with E-state index in [0.717, 1.165) is 24.8 Å². The number of hydrogen-bond acceptors (Lipinski definition) is 1. The third kappa shape index (κ3) is 1.59. The van der Waals surface area contributed by atoms with Crippen LogP contribution in [-0.4, -0.2) is 11.7 Å². The number of aliphatic hydroxyl groups excluding tert-OH is 1. The Morgan fingerprint density at radius 3 is 3.08 bits per heavy atom. The number of fused-ring (bicyclic) bond motifs is 1. The summed E-state index contributed by atoms with van der Waals surface area (Å²) in [6.07, 6.45) is 2.84. The molecule has 0 heterocycles. The van der Waals surface area contributed by atoms with Gasteiger partial charge < -0.3 is 5.11 Å². The maximum absolute atomic E-state index is 12.9. The van der Waals surface area contributed by atoms with E-state index < -0.39 is 0 Å². The van der Waals surface area contributed by atoms with Crippen LogP contribution < -0.4 is 0 Å². The summed E-state index contributed by atoms with van der Waals surface area (Å²) in [5.74, 6) is 0.208. The number of benzene rings is 1. The highest BCUT2D eigenvalue weighted by Gasteiger charge is 2.21. The van der Waals surface area contributed by atoms with Gasteiger partial charge >= 0.3 is 0 Å². The summed E-state index contributed by atoms with van der Waals surface area (Å²) >= 11 is 0. The average Bonchev–Trinajstić information content (AvgIpc) is 2.49. The summed E-state index contributed by atoms with van der Waals surface area (Å²) in [5, 5.41) is 8.83. The van der Waals surface area contributed by atoms with Gasteiger partial charge in [0, 0.05) is 6.61 Å². The van der Waals surface area contributed by atoms with Crippen LogP contribution in [0.25, 0.3) is 0 Å². The van der Waals surface area contributed by atoms with E-state index >= 15 is 0 Å². The molecule has 1 aliphatic rings. The Kier molecular flexibility index (Phi) is 2.32. The molecule has 0 radical (unpaired) electrons. The van der Waals surface area contributed by atoms with Crippen molar-refractivity contribution in [1.29, 1.82) is 0 Å². The first-order valence-electron chi connectivity index (χ1n) is 4.70. The molecule has 1 unspecified atom stereocenters. The lowest BCUT2D eigenvalue weighted by molar-refractivity contribution is 0.275. The van der Waals surface area contributed by atoms with Crippen LogP contribution in [0.15, 0.2) is 18.2 Å². The Bertz CT molecular complexity index is 307. The molecule has 1 aliphatic carbocycles. The third-order valence-corrected chi connectivity index (χ3v) is 2.79. The van der Waals surface area contributed by atoms with Crippen LogP contribution in [0.2, 0.25) is 0 Å². The molecule has 1 aromatic rings. The standard InChI is InChI=1S/C11H13FO/c12-10-4-3-8-1-2-9(5-6-13)11(8)7-10/h3-4,7,9,13H,1-2,5-6H2. The SMILES string of the molecule is OCCC1CCc2ccc(F)cc21. The average molecular weight is 180 g/mol. The smallest absolute Gasteiger partial charge is 0.123 e. The van der Waals surface area contributed by atoms with Crippen molar-refractivity contribution >= 4 is 0 Å². The lowest BCUT2D eigenvalue weighted by Gasteiger charge is -2.08. The summed E-state index contributed by atoms with van der Waals surface area (Å²) in [5.41, 5.74) is 2.36. The van der Waals surface area contributed by atoms with Gasteiger partial charge in [0.2, 0.25) is 0 Å². The topological polar surface area (TPSA) is 20.2 Å². The quantitative estimate of drug-likeness (QED) is 0.740. The summed E-state index contributed by atoms with van der Waals surface area (Å²) < 4.78 is 12.9. The molecular weight excluding hydrogens is 167 g/mol. The number of rotatable bonds is 2. The van der Waals surface area contributed by atoms with E-state index in [-0.39, 0.29) is 12.4 Å². The molecule has 0 fully saturated rings. The molecule has 0 saturated heterocycles. The van der Waals surface area contributed by atoms with Crippen molar-refractivity contribution in [3.05, 3.63) is 35.1 Å². The van der Waals surface area contributed by atoms with Gasteiger partial charge in [0.1, 0.15) is 5.82 Å². The first kappa shape index (κ1) is 8.70. The molecule has 13 heavy (non-hydrogen) atoms. The normalized spacial score (nSPS) is 20.3. The zero-order valence-corrected chi connectivity index (χ0v) is 7.46. The van der Waals surface area contributed by atoms with Crippen LogP contribution in [-0.2, 0) is 6.42 Å². The van der Waals surface area contributed by atoms with Gasteiger partial charge in [-0.15, -0.1) is 0 Å². The second-order valence-corrected chi connectivity index (χ2v) is 3.59. The molecule has 0 amide bonds.